The van der Waals surface area contributed by atoms with Crippen molar-refractivity contribution in [2.45, 2.75) is 171 Å². The van der Waals surface area contributed by atoms with Crippen LogP contribution in [0, 0.1) is 22.7 Å². The third-order valence-corrected chi connectivity index (χ3v) is 13.5. The minimum absolute atomic E-state index is 0.0409. The summed E-state index contributed by atoms with van der Waals surface area (Å²) in [4.78, 5) is 25.2. The molecule has 0 amide bonds. The molecule has 5 fully saturated rings. The van der Waals surface area contributed by atoms with E-state index >= 15 is 0 Å². The van der Waals surface area contributed by atoms with Crippen molar-refractivity contribution in [1.82, 2.24) is 0 Å². The number of hydrogen-bond acceptors (Lipinski definition) is 14. The first-order valence-electron chi connectivity index (χ1n) is 18.0. The maximum Gasteiger partial charge on any atom is 0.303 e. The quantitative estimate of drug-likeness (QED) is 0.158. The van der Waals surface area contributed by atoms with Gasteiger partial charge in [-0.1, -0.05) is 25.5 Å². The predicted molar refractivity (Wildman–Crippen MR) is 173 cm³/mol. The van der Waals surface area contributed by atoms with Gasteiger partial charge in [-0.2, -0.15) is 0 Å². The highest BCUT2D eigenvalue weighted by molar-refractivity contribution is 5.80. The number of rotatable bonds is 7. The monoisotopic (exact) mass is 712 g/mol. The SMILES string of the molecule is CO[C@H]1[C@@H](O)[C@H](O[C@H]2[C@H](O)C[C@H](OC3CC[C@@]4(C)C(=CC[C@]5(O)[C@@H]4C(O)C(OC(C)=O)[C@]4(C)[C@@H](C(C)=O)CC[C@@]54O)C3)O[C@@H]2C)O[C@H](C)[C@H]1O. The number of fused-ring (bicyclic) bond motifs is 5. The van der Waals surface area contributed by atoms with E-state index in [0.29, 0.717) is 25.7 Å². The van der Waals surface area contributed by atoms with Crippen molar-refractivity contribution in [3.05, 3.63) is 11.6 Å². The van der Waals surface area contributed by atoms with Crippen LogP contribution in [0.2, 0.25) is 0 Å². The maximum atomic E-state index is 12.8. The zero-order valence-electron chi connectivity index (χ0n) is 30.1. The number of methoxy groups -OCH3 is 1. The van der Waals surface area contributed by atoms with E-state index in [4.69, 9.17) is 28.4 Å². The molecule has 0 bridgehead atoms. The second-order valence-corrected chi connectivity index (χ2v) is 16.2. The number of ketones is 1. The van der Waals surface area contributed by atoms with E-state index in [-0.39, 0.29) is 31.1 Å². The molecule has 14 heteroatoms. The highest BCUT2D eigenvalue weighted by Gasteiger charge is 2.79. The highest BCUT2D eigenvalue weighted by Crippen LogP contribution is 2.70. The van der Waals surface area contributed by atoms with E-state index in [1.165, 1.54) is 21.0 Å². The standard InChI is InChI=1S/C36H56O14/c1-16(37)22-10-13-36(44)34(22,6)31(48-19(4)38)27(42)30-33(5)11-9-21(14-20(33)8-12-35(30,36)43)49-24-15-23(39)28(18(3)46-24)50-32-26(41)29(45-7)25(40)17(2)47-32/h8,17-18,21-32,39-44H,9-15H2,1-7H3/t17-,18-,21?,22-,23-,24+,25-,26-,27?,28-,29-,30-,31?,32+,33+,34+,35+,36+/m1/s1. The summed E-state index contributed by atoms with van der Waals surface area (Å²) in [7, 11) is 1.38. The van der Waals surface area contributed by atoms with Crippen LogP contribution in [0.4, 0.5) is 0 Å². The number of ether oxygens (including phenoxy) is 6. The lowest BCUT2D eigenvalue weighted by molar-refractivity contribution is -0.342. The molecule has 3 saturated carbocycles. The van der Waals surface area contributed by atoms with E-state index in [9.17, 15) is 40.2 Å². The summed E-state index contributed by atoms with van der Waals surface area (Å²) >= 11 is 0. The Balaban J connectivity index is 1.17. The Morgan fingerprint density at radius 2 is 1.60 bits per heavy atom. The molecule has 14 nitrogen and oxygen atoms in total. The van der Waals surface area contributed by atoms with Crippen molar-refractivity contribution >= 4 is 11.8 Å². The molecule has 3 unspecified atom stereocenters. The van der Waals surface area contributed by atoms with Crippen LogP contribution in [0.25, 0.3) is 0 Å². The summed E-state index contributed by atoms with van der Waals surface area (Å²) in [5, 5.41) is 69.3. The molecule has 2 aliphatic heterocycles. The number of hydrogen-bond donors (Lipinski definition) is 6. The molecule has 0 aromatic rings. The zero-order valence-corrected chi connectivity index (χ0v) is 30.1. The van der Waals surface area contributed by atoms with Gasteiger partial charge < -0.3 is 59.1 Å². The Bertz CT molecular complexity index is 1330. The van der Waals surface area contributed by atoms with Crippen LogP contribution >= 0.6 is 0 Å². The van der Waals surface area contributed by atoms with Crippen molar-refractivity contribution < 1.29 is 68.6 Å². The van der Waals surface area contributed by atoms with Gasteiger partial charge in [0.1, 0.15) is 47.5 Å². The van der Waals surface area contributed by atoms with Gasteiger partial charge in [-0.05, 0) is 64.7 Å². The summed E-state index contributed by atoms with van der Waals surface area (Å²) in [5.74, 6) is -2.44. The summed E-state index contributed by atoms with van der Waals surface area (Å²) in [5.41, 5.74) is -4.85. The molecule has 0 radical (unpaired) electrons. The summed E-state index contributed by atoms with van der Waals surface area (Å²) in [6.07, 6.45) is -7.33. The smallest absolute Gasteiger partial charge is 0.303 e. The largest absolute Gasteiger partial charge is 0.459 e. The van der Waals surface area contributed by atoms with Gasteiger partial charge in [0.2, 0.25) is 0 Å². The number of aliphatic hydroxyl groups is 6. The number of carbonyl (C=O) groups excluding carboxylic acids is 2. The minimum atomic E-state index is -1.80. The van der Waals surface area contributed by atoms with Gasteiger partial charge in [0.15, 0.2) is 12.6 Å². The minimum Gasteiger partial charge on any atom is -0.459 e. The van der Waals surface area contributed by atoms with Crippen molar-refractivity contribution in [2.75, 3.05) is 7.11 Å². The van der Waals surface area contributed by atoms with Gasteiger partial charge in [0.25, 0.3) is 0 Å². The van der Waals surface area contributed by atoms with Crippen LogP contribution in [-0.4, -0.2) is 134 Å². The first kappa shape index (κ1) is 38.2. The van der Waals surface area contributed by atoms with Crippen LogP contribution in [0.1, 0.15) is 86.5 Å². The number of aliphatic hydroxyl groups excluding tert-OH is 4. The second kappa shape index (κ2) is 13.4. The first-order valence-corrected chi connectivity index (χ1v) is 18.0. The van der Waals surface area contributed by atoms with Crippen molar-refractivity contribution in [2.24, 2.45) is 22.7 Å². The van der Waals surface area contributed by atoms with Crippen molar-refractivity contribution in [1.29, 1.82) is 0 Å². The molecule has 50 heavy (non-hydrogen) atoms. The third-order valence-electron chi connectivity index (χ3n) is 13.5. The molecule has 18 atom stereocenters. The van der Waals surface area contributed by atoms with Crippen LogP contribution in [0.15, 0.2) is 11.6 Å². The van der Waals surface area contributed by atoms with Gasteiger partial charge in [-0.25, -0.2) is 0 Å². The molecule has 284 valence electrons. The van der Waals surface area contributed by atoms with E-state index in [1.54, 1.807) is 20.8 Å². The lowest BCUT2D eigenvalue weighted by atomic mass is 9.42. The molecule has 2 saturated heterocycles. The first-order chi connectivity index (χ1) is 23.3. The van der Waals surface area contributed by atoms with E-state index in [2.05, 4.69) is 0 Å². The highest BCUT2D eigenvalue weighted by atomic mass is 16.7. The van der Waals surface area contributed by atoms with Gasteiger partial charge in [-0.15, -0.1) is 0 Å². The fourth-order valence-electron chi connectivity index (χ4n) is 10.9. The predicted octanol–water partition coefficient (Wildman–Crippen LogP) is 0.644. The van der Waals surface area contributed by atoms with Crippen molar-refractivity contribution in [3.8, 4) is 0 Å². The lowest BCUT2D eigenvalue weighted by Crippen LogP contribution is -2.80. The van der Waals surface area contributed by atoms with E-state index in [0.717, 1.165) is 5.57 Å². The van der Waals surface area contributed by atoms with E-state index < -0.39 is 107 Å². The average Bonchev–Trinajstić information content (AvgIpc) is 3.32. The molecule has 0 aromatic heterocycles. The Morgan fingerprint density at radius 3 is 2.22 bits per heavy atom. The topological polar surface area (TPSA) is 211 Å². The van der Waals surface area contributed by atoms with Crippen LogP contribution in [-0.2, 0) is 38.0 Å². The van der Waals surface area contributed by atoms with Crippen LogP contribution in [0.3, 0.4) is 0 Å². The third kappa shape index (κ3) is 5.64. The molecule has 0 spiro atoms. The molecule has 0 aromatic carbocycles. The van der Waals surface area contributed by atoms with Gasteiger partial charge in [-0.3, -0.25) is 9.59 Å². The fraction of sp³-hybridized carbons (Fsp3) is 0.889. The Morgan fingerprint density at radius 1 is 0.900 bits per heavy atom. The molecule has 2 heterocycles. The Kier molecular flexibility index (Phi) is 10.2. The number of esters is 1. The van der Waals surface area contributed by atoms with Gasteiger partial charge in [0, 0.05) is 37.7 Å². The van der Waals surface area contributed by atoms with Gasteiger partial charge in [0.05, 0.1) is 30.5 Å². The molecule has 6 N–H and O–H groups in total. The number of carbonyl (C=O) groups is 2. The lowest BCUT2D eigenvalue weighted by Gasteiger charge is -2.67. The van der Waals surface area contributed by atoms with E-state index in [1.807, 2.05) is 13.0 Å². The molecular weight excluding hydrogens is 656 g/mol. The average molecular weight is 713 g/mol. The molecule has 4 aliphatic carbocycles. The van der Waals surface area contributed by atoms with Crippen LogP contribution < -0.4 is 0 Å². The zero-order chi connectivity index (χ0) is 36.7. The molecule has 6 aliphatic rings. The summed E-state index contributed by atoms with van der Waals surface area (Å²) in [6.45, 7) is 9.65. The van der Waals surface area contributed by atoms with Gasteiger partial charge >= 0.3 is 5.97 Å². The Labute approximate surface area is 293 Å². The fourth-order valence-corrected chi connectivity index (χ4v) is 10.9. The second-order valence-electron chi connectivity index (χ2n) is 16.2. The summed E-state index contributed by atoms with van der Waals surface area (Å²) in [6, 6.07) is 0. The normalized spacial score (nSPS) is 53.4. The van der Waals surface area contributed by atoms with Crippen LogP contribution in [0.5, 0.6) is 0 Å². The molecule has 6 rings (SSSR count). The summed E-state index contributed by atoms with van der Waals surface area (Å²) < 4.78 is 35.2. The Hall–Kier alpha value is -1.56. The van der Waals surface area contributed by atoms with Crippen molar-refractivity contribution in [3.63, 3.8) is 0 Å². The maximum absolute atomic E-state index is 12.8. The number of Topliss-reactive ketones (excluding diaryl/α,β-unsaturated/α-hetero) is 1. The molecular formula is C36H56O14.